The molecule has 0 aliphatic carbocycles. The van der Waals surface area contributed by atoms with E-state index in [9.17, 15) is 0 Å². The van der Waals surface area contributed by atoms with Crippen LogP contribution in [0.5, 0.6) is 0 Å². The third-order valence-electron chi connectivity index (χ3n) is 2.65. The number of benzene rings is 1. The Labute approximate surface area is 115 Å². The van der Waals surface area contributed by atoms with E-state index in [0.717, 1.165) is 44.6 Å². The van der Waals surface area contributed by atoms with Crippen molar-refractivity contribution in [1.29, 1.82) is 0 Å². The molecule has 0 aliphatic heterocycles. The van der Waals surface area contributed by atoms with Crippen molar-refractivity contribution < 1.29 is 0 Å². The molecule has 2 rings (SSSR count). The Morgan fingerprint density at radius 2 is 2.24 bits per heavy atom. The van der Waals surface area contributed by atoms with Gasteiger partial charge in [-0.25, -0.2) is 0 Å². The Morgan fingerprint density at radius 3 is 2.94 bits per heavy atom. The Balaban J connectivity index is 2.69. The number of hydrogen-bond acceptors (Lipinski definition) is 2. The summed E-state index contributed by atoms with van der Waals surface area (Å²) >= 11 is 9.92. The van der Waals surface area contributed by atoms with Gasteiger partial charge in [0, 0.05) is 28.3 Å². The molecule has 0 saturated carbocycles. The molecule has 0 fully saturated rings. The van der Waals surface area contributed by atoms with Gasteiger partial charge in [0.1, 0.15) is 0 Å². The lowest BCUT2D eigenvalue weighted by molar-refractivity contribution is 0.981. The van der Waals surface area contributed by atoms with Gasteiger partial charge in [0.2, 0.25) is 0 Å². The third kappa shape index (κ3) is 2.40. The van der Waals surface area contributed by atoms with Gasteiger partial charge in [0.25, 0.3) is 0 Å². The average Bonchev–Trinajstić information content (AvgIpc) is 2.33. The van der Waals surface area contributed by atoms with Gasteiger partial charge in [-0.05, 0) is 47.0 Å². The van der Waals surface area contributed by atoms with Crippen molar-refractivity contribution >= 4 is 44.1 Å². The molecule has 0 radical (unpaired) electrons. The molecule has 4 heteroatoms. The van der Waals surface area contributed by atoms with Crippen LogP contribution in [0, 0.1) is 6.92 Å². The molecule has 0 saturated heterocycles. The molecule has 1 aromatic carbocycles. The molecule has 0 aliphatic rings. The van der Waals surface area contributed by atoms with Crippen LogP contribution < -0.4 is 5.32 Å². The first-order valence-corrected chi connectivity index (χ1v) is 6.79. The first-order chi connectivity index (χ1) is 8.15. The van der Waals surface area contributed by atoms with Crippen LogP contribution >= 0.6 is 27.5 Å². The van der Waals surface area contributed by atoms with E-state index in [2.05, 4.69) is 33.2 Å². The summed E-state index contributed by atoms with van der Waals surface area (Å²) in [6, 6.07) is 3.97. The molecule has 17 heavy (non-hydrogen) atoms. The molecule has 2 nitrogen and oxygen atoms in total. The number of anilines is 1. The highest BCUT2D eigenvalue weighted by molar-refractivity contribution is 9.10. The zero-order chi connectivity index (χ0) is 12.4. The van der Waals surface area contributed by atoms with Crippen LogP contribution in [-0.2, 0) is 0 Å². The second kappa shape index (κ2) is 5.23. The van der Waals surface area contributed by atoms with Crippen molar-refractivity contribution in [3.05, 3.63) is 33.4 Å². The molecule has 1 N–H and O–H groups in total. The number of halogens is 2. The summed E-state index contributed by atoms with van der Waals surface area (Å²) in [7, 11) is 0. The van der Waals surface area contributed by atoms with Gasteiger partial charge >= 0.3 is 0 Å². The maximum atomic E-state index is 6.38. The fourth-order valence-corrected chi connectivity index (χ4v) is 2.68. The first-order valence-electron chi connectivity index (χ1n) is 5.62. The van der Waals surface area contributed by atoms with Gasteiger partial charge in [0.15, 0.2) is 0 Å². The minimum Gasteiger partial charge on any atom is -0.384 e. The van der Waals surface area contributed by atoms with E-state index in [4.69, 9.17) is 11.6 Å². The second-order valence-electron chi connectivity index (χ2n) is 4.00. The van der Waals surface area contributed by atoms with Gasteiger partial charge in [0.05, 0.1) is 10.5 Å². The summed E-state index contributed by atoms with van der Waals surface area (Å²) in [5, 5.41) is 5.16. The monoisotopic (exact) mass is 312 g/mol. The normalized spacial score (nSPS) is 10.8. The molecule has 0 amide bonds. The number of rotatable bonds is 3. The summed E-state index contributed by atoms with van der Waals surface area (Å²) in [5.41, 5.74) is 3.01. The van der Waals surface area contributed by atoms with Crippen molar-refractivity contribution in [2.24, 2.45) is 0 Å². The zero-order valence-corrected chi connectivity index (χ0v) is 12.2. The lowest BCUT2D eigenvalue weighted by Gasteiger charge is -2.12. The fraction of sp³-hybridized carbons (Fsp3) is 0.308. The first kappa shape index (κ1) is 12.7. The van der Waals surface area contributed by atoms with Crippen LogP contribution in [-0.4, -0.2) is 11.5 Å². The number of aryl methyl sites for hydroxylation is 1. The number of fused-ring (bicyclic) bond motifs is 1. The highest BCUT2D eigenvalue weighted by Crippen LogP contribution is 2.36. The molecule has 0 bridgehead atoms. The van der Waals surface area contributed by atoms with Gasteiger partial charge < -0.3 is 5.32 Å². The zero-order valence-electron chi connectivity index (χ0n) is 9.85. The topological polar surface area (TPSA) is 24.9 Å². The van der Waals surface area contributed by atoms with Gasteiger partial charge in [-0.15, -0.1) is 0 Å². The summed E-state index contributed by atoms with van der Waals surface area (Å²) in [4.78, 5) is 4.38. The Kier molecular flexibility index (Phi) is 3.89. The highest BCUT2D eigenvalue weighted by atomic mass is 79.9. The quantitative estimate of drug-likeness (QED) is 0.882. The lowest BCUT2D eigenvalue weighted by Crippen LogP contribution is -2.01. The molecular weight excluding hydrogens is 300 g/mol. The van der Waals surface area contributed by atoms with E-state index in [-0.39, 0.29) is 0 Å². The van der Waals surface area contributed by atoms with E-state index >= 15 is 0 Å². The van der Waals surface area contributed by atoms with Crippen LogP contribution in [0.25, 0.3) is 10.9 Å². The standard InChI is InChI=1S/C13H14BrClN2/c1-3-5-16-10-4-6-17-13-9(14)7-8(2)12(15)11(10)13/h4,6-7H,3,5H2,1-2H3,(H,16,17). The minimum absolute atomic E-state index is 0.773. The highest BCUT2D eigenvalue weighted by Gasteiger charge is 2.11. The molecule has 0 unspecified atom stereocenters. The Hall–Kier alpha value is -0.800. The van der Waals surface area contributed by atoms with Gasteiger partial charge in [-0.2, -0.15) is 0 Å². The molecule has 2 aromatic rings. The van der Waals surface area contributed by atoms with Gasteiger partial charge in [-0.3, -0.25) is 4.98 Å². The maximum Gasteiger partial charge on any atom is 0.0879 e. The van der Waals surface area contributed by atoms with Gasteiger partial charge in [-0.1, -0.05) is 18.5 Å². The molecule has 0 atom stereocenters. The summed E-state index contributed by atoms with van der Waals surface area (Å²) in [6.45, 7) is 5.07. The molecule has 0 spiro atoms. The number of hydrogen-bond donors (Lipinski definition) is 1. The van der Waals surface area contributed by atoms with E-state index in [1.54, 1.807) is 6.20 Å². The van der Waals surface area contributed by atoms with Crippen LogP contribution in [0.15, 0.2) is 22.8 Å². The van der Waals surface area contributed by atoms with E-state index in [1.165, 1.54) is 0 Å². The smallest absolute Gasteiger partial charge is 0.0879 e. The summed E-state index contributed by atoms with van der Waals surface area (Å²) in [6.07, 6.45) is 2.88. The van der Waals surface area contributed by atoms with Crippen molar-refractivity contribution in [1.82, 2.24) is 4.98 Å². The predicted octanol–water partition coefficient (Wildman–Crippen LogP) is 4.78. The number of aromatic nitrogens is 1. The Bertz CT molecular complexity index is 555. The number of pyridine rings is 1. The van der Waals surface area contributed by atoms with E-state index in [0.29, 0.717) is 0 Å². The lowest BCUT2D eigenvalue weighted by atomic mass is 10.1. The number of nitrogens with zero attached hydrogens (tertiary/aromatic N) is 1. The molecule has 1 heterocycles. The average molecular weight is 314 g/mol. The maximum absolute atomic E-state index is 6.38. The van der Waals surface area contributed by atoms with Crippen LogP contribution in [0.4, 0.5) is 5.69 Å². The van der Waals surface area contributed by atoms with Crippen LogP contribution in [0.2, 0.25) is 5.02 Å². The van der Waals surface area contributed by atoms with E-state index < -0.39 is 0 Å². The SMILES string of the molecule is CCCNc1ccnc2c(Br)cc(C)c(Cl)c12. The van der Waals surface area contributed by atoms with Crippen molar-refractivity contribution in [3.63, 3.8) is 0 Å². The van der Waals surface area contributed by atoms with Crippen molar-refractivity contribution in [2.45, 2.75) is 20.3 Å². The fourth-order valence-electron chi connectivity index (χ4n) is 1.79. The van der Waals surface area contributed by atoms with Crippen LogP contribution in [0.1, 0.15) is 18.9 Å². The second-order valence-corrected chi connectivity index (χ2v) is 5.23. The van der Waals surface area contributed by atoms with E-state index in [1.807, 2.05) is 19.1 Å². The molecule has 90 valence electrons. The van der Waals surface area contributed by atoms with Crippen molar-refractivity contribution in [3.8, 4) is 0 Å². The number of nitrogens with one attached hydrogen (secondary N) is 1. The Morgan fingerprint density at radius 1 is 1.47 bits per heavy atom. The third-order valence-corrected chi connectivity index (χ3v) is 3.74. The minimum atomic E-state index is 0.773. The summed E-state index contributed by atoms with van der Waals surface area (Å²) in [5.74, 6) is 0. The summed E-state index contributed by atoms with van der Waals surface area (Å²) < 4.78 is 0.981. The molecule has 1 aromatic heterocycles. The largest absolute Gasteiger partial charge is 0.384 e. The van der Waals surface area contributed by atoms with Crippen molar-refractivity contribution in [2.75, 3.05) is 11.9 Å². The predicted molar refractivity (Wildman–Crippen MR) is 78.0 cm³/mol. The molecular formula is C13H14BrClN2. The van der Waals surface area contributed by atoms with Crippen LogP contribution in [0.3, 0.4) is 0 Å².